The molecule has 0 unspecified atom stereocenters. The molecule has 340 valence electrons. The van der Waals surface area contributed by atoms with E-state index in [1.54, 1.807) is 23.5 Å². The molecule has 0 heterocycles. The van der Waals surface area contributed by atoms with E-state index in [1.807, 2.05) is 170 Å². The third-order valence-electron chi connectivity index (χ3n) is 12.0. The third kappa shape index (κ3) is 8.96. The second-order valence-electron chi connectivity index (χ2n) is 16.6. The fraction of sp³-hybridized carbons (Fsp3) is 0. The molecule has 0 aliphatic rings. The molecule has 0 fully saturated rings. The molecule has 0 bridgehead atoms. The van der Waals surface area contributed by atoms with Crippen molar-refractivity contribution < 1.29 is 23.7 Å². The van der Waals surface area contributed by atoms with Crippen molar-refractivity contribution in [3.63, 3.8) is 0 Å². The third-order valence-corrected chi connectivity index (χ3v) is 14.2. The summed E-state index contributed by atoms with van der Waals surface area (Å²) in [5.41, 5.74) is 0. The van der Waals surface area contributed by atoms with Crippen molar-refractivity contribution in [3.05, 3.63) is 255 Å². The van der Waals surface area contributed by atoms with E-state index in [0.29, 0.717) is 57.5 Å². The van der Waals surface area contributed by atoms with Gasteiger partial charge in [0.1, 0.15) is 32.8 Å². The Morgan fingerprint density at radius 3 is 0.915 bits per heavy atom. The first kappa shape index (κ1) is 43.6. The van der Waals surface area contributed by atoms with Crippen LogP contribution in [0.4, 0.5) is 0 Å². The lowest BCUT2D eigenvalue weighted by atomic mass is 10.1. The lowest BCUT2D eigenvalue weighted by Gasteiger charge is -2.25. The maximum atomic E-state index is 7.84. The highest BCUT2D eigenvalue weighted by molar-refractivity contribution is 7.99. The van der Waals surface area contributed by atoms with Crippen molar-refractivity contribution in [1.82, 2.24) is 0 Å². The van der Waals surface area contributed by atoms with E-state index in [2.05, 4.69) is 84.9 Å². The van der Waals surface area contributed by atoms with Crippen LogP contribution in [-0.2, 0) is 0 Å². The van der Waals surface area contributed by atoms with E-state index in [-0.39, 0.29) is 0 Å². The van der Waals surface area contributed by atoms with Crippen molar-refractivity contribution in [2.75, 3.05) is 0 Å². The average Bonchev–Trinajstić information content (AvgIpc) is 3.43. The number of fused-ring (bicyclic) bond motifs is 4. The zero-order chi connectivity index (χ0) is 47.3. The van der Waals surface area contributed by atoms with Crippen molar-refractivity contribution in [1.29, 1.82) is 0 Å². The average molecular weight is 955 g/mol. The predicted octanol–water partition coefficient (Wildman–Crippen LogP) is 19.6. The zero-order valence-electron chi connectivity index (χ0n) is 38.1. The second-order valence-corrected chi connectivity index (χ2v) is 18.8. The van der Waals surface area contributed by atoms with Gasteiger partial charge in [-0.3, -0.25) is 0 Å². The van der Waals surface area contributed by atoms with Crippen LogP contribution in [0.2, 0.25) is 0 Å². The van der Waals surface area contributed by atoms with Gasteiger partial charge in [0.2, 0.25) is 0 Å². The van der Waals surface area contributed by atoms with E-state index in [1.165, 1.54) is 0 Å². The molecule has 12 rings (SSSR count). The van der Waals surface area contributed by atoms with E-state index >= 15 is 0 Å². The van der Waals surface area contributed by atoms with Crippen LogP contribution in [0.3, 0.4) is 0 Å². The van der Waals surface area contributed by atoms with Gasteiger partial charge in [-0.15, -0.1) is 0 Å². The van der Waals surface area contributed by atoms with Crippen LogP contribution in [-0.4, -0.2) is 0 Å². The number of benzene rings is 12. The molecule has 0 saturated heterocycles. The standard InChI is InChI=1S/C64H42O5S2/c1-5-27-45(28-6-1)65-57-51-37-17-19-39-53(51)59(63(70-47-31-9-3-10-32-47)61(57)67-55-41-21-25-43-23-13-15-35-49(43)55)69-60-54-40-20-18-38-52(54)58(66-46-29-7-2-8-30-46)62(64(60)71-48-33-11-4-12-34-48)68-56-42-22-26-44-24-14-16-36-50(44)56/h1-42H. The molecule has 0 aromatic heterocycles. The Morgan fingerprint density at radius 2 is 0.521 bits per heavy atom. The summed E-state index contributed by atoms with van der Waals surface area (Å²) in [5.74, 6) is 5.98. The molecule has 71 heavy (non-hydrogen) atoms. The van der Waals surface area contributed by atoms with Gasteiger partial charge in [-0.05, 0) is 71.4 Å². The molecule has 0 N–H and O–H groups in total. The minimum Gasteiger partial charge on any atom is -0.453 e. The van der Waals surface area contributed by atoms with Crippen LogP contribution in [0.15, 0.2) is 274 Å². The molecule has 0 aliphatic carbocycles. The molecule has 0 atom stereocenters. The van der Waals surface area contributed by atoms with Crippen LogP contribution in [0.25, 0.3) is 43.1 Å². The fourth-order valence-electron chi connectivity index (χ4n) is 8.75. The van der Waals surface area contributed by atoms with Gasteiger partial charge in [-0.2, -0.15) is 0 Å². The SMILES string of the molecule is c1ccc(Oc2c(Oc3cccc4ccccc34)c(Sc3ccccc3)c(Oc3c(Sc4ccccc4)c(Oc4cccc5ccccc45)c(Oc4ccccc4)c4ccccc34)c3ccccc23)cc1. The van der Waals surface area contributed by atoms with Gasteiger partial charge in [0.15, 0.2) is 34.5 Å². The second kappa shape index (κ2) is 19.8. The number of ether oxygens (including phenoxy) is 5. The van der Waals surface area contributed by atoms with E-state index in [9.17, 15) is 0 Å². The minimum absolute atomic E-state index is 0.505. The highest BCUT2D eigenvalue weighted by Gasteiger charge is 2.31. The Kier molecular flexibility index (Phi) is 12.2. The van der Waals surface area contributed by atoms with Crippen LogP contribution >= 0.6 is 23.5 Å². The van der Waals surface area contributed by atoms with E-state index < -0.39 is 0 Å². The summed E-state index contributed by atoms with van der Waals surface area (Å²) in [7, 11) is 0. The van der Waals surface area contributed by atoms with E-state index in [4.69, 9.17) is 23.7 Å². The Bertz CT molecular complexity index is 3590. The molecule has 7 heteroatoms. The zero-order valence-corrected chi connectivity index (χ0v) is 39.7. The number of rotatable bonds is 14. The summed E-state index contributed by atoms with van der Waals surface area (Å²) in [6, 6.07) is 85.5. The first-order chi connectivity index (χ1) is 35.2. The maximum absolute atomic E-state index is 7.84. The molecule has 0 spiro atoms. The topological polar surface area (TPSA) is 46.2 Å². The van der Waals surface area contributed by atoms with Gasteiger partial charge in [-0.25, -0.2) is 0 Å². The first-order valence-corrected chi connectivity index (χ1v) is 24.9. The van der Waals surface area contributed by atoms with E-state index in [0.717, 1.165) is 62.7 Å². The largest absolute Gasteiger partial charge is 0.453 e. The highest BCUT2D eigenvalue weighted by Crippen LogP contribution is 2.60. The number of hydrogen-bond donors (Lipinski definition) is 0. The molecule has 0 aliphatic heterocycles. The van der Waals surface area contributed by atoms with Crippen molar-refractivity contribution in [3.8, 4) is 57.5 Å². The van der Waals surface area contributed by atoms with Gasteiger partial charge in [0.05, 0.1) is 0 Å². The Labute approximate surface area is 419 Å². The summed E-state index contributed by atoms with van der Waals surface area (Å²) in [5, 5.41) is 7.28. The lowest BCUT2D eigenvalue weighted by molar-refractivity contribution is 0.397. The first-order valence-electron chi connectivity index (χ1n) is 23.3. The van der Waals surface area contributed by atoms with Crippen molar-refractivity contribution in [2.45, 2.75) is 19.6 Å². The van der Waals surface area contributed by atoms with Crippen LogP contribution < -0.4 is 23.7 Å². The van der Waals surface area contributed by atoms with Crippen molar-refractivity contribution >= 4 is 66.6 Å². The molecule has 0 amide bonds. The Hall–Kier alpha value is -8.62. The predicted molar refractivity (Wildman–Crippen MR) is 290 cm³/mol. The number of hydrogen-bond acceptors (Lipinski definition) is 7. The monoisotopic (exact) mass is 954 g/mol. The summed E-state index contributed by atoms with van der Waals surface area (Å²) < 4.78 is 36.6. The minimum atomic E-state index is 0.505. The van der Waals surface area contributed by atoms with Gasteiger partial charge in [-0.1, -0.05) is 218 Å². The van der Waals surface area contributed by atoms with Crippen LogP contribution in [0.5, 0.6) is 57.5 Å². The molecule has 12 aromatic carbocycles. The molecular weight excluding hydrogens is 913 g/mol. The van der Waals surface area contributed by atoms with Gasteiger partial charge < -0.3 is 23.7 Å². The maximum Gasteiger partial charge on any atom is 0.188 e. The Morgan fingerprint density at radius 1 is 0.211 bits per heavy atom. The molecule has 0 saturated carbocycles. The highest BCUT2D eigenvalue weighted by atomic mass is 32.2. The normalized spacial score (nSPS) is 11.2. The Balaban J connectivity index is 1.17. The summed E-state index contributed by atoms with van der Waals surface area (Å²) >= 11 is 3.12. The smallest absolute Gasteiger partial charge is 0.188 e. The summed E-state index contributed by atoms with van der Waals surface area (Å²) in [4.78, 5) is 3.40. The molecule has 12 aromatic rings. The van der Waals surface area contributed by atoms with Gasteiger partial charge in [0.25, 0.3) is 0 Å². The molecule has 5 nitrogen and oxygen atoms in total. The van der Waals surface area contributed by atoms with Gasteiger partial charge >= 0.3 is 0 Å². The fourth-order valence-corrected chi connectivity index (χ4v) is 10.8. The quantitative estimate of drug-likeness (QED) is 0.108. The van der Waals surface area contributed by atoms with Crippen LogP contribution in [0, 0.1) is 0 Å². The van der Waals surface area contributed by atoms with Crippen molar-refractivity contribution in [2.24, 2.45) is 0 Å². The molecule has 0 radical (unpaired) electrons. The summed E-state index contributed by atoms with van der Waals surface area (Å²) in [6.07, 6.45) is 0. The number of para-hydroxylation sites is 2. The van der Waals surface area contributed by atoms with Crippen LogP contribution in [0.1, 0.15) is 0 Å². The van der Waals surface area contributed by atoms with Gasteiger partial charge in [0, 0.05) is 42.1 Å². The summed E-state index contributed by atoms with van der Waals surface area (Å²) in [6.45, 7) is 0. The molecular formula is C64H42O5S2. The lowest BCUT2D eigenvalue weighted by Crippen LogP contribution is -2.01.